The van der Waals surface area contributed by atoms with Crippen molar-refractivity contribution in [2.24, 2.45) is 10.3 Å². The molecule has 0 saturated heterocycles. The number of esters is 1. The lowest BCUT2D eigenvalue weighted by atomic mass is 9.99. The molecule has 0 aromatic heterocycles. The molecule has 0 spiro atoms. The predicted molar refractivity (Wildman–Crippen MR) is 100 cm³/mol. The monoisotopic (exact) mass is 372 g/mol. The number of carbonyl (C=O) groups is 1. The molecule has 27 heavy (non-hydrogen) atoms. The fourth-order valence-corrected chi connectivity index (χ4v) is 2.44. The lowest BCUT2D eigenvalue weighted by molar-refractivity contribution is -0.132. The quantitative estimate of drug-likeness (QED) is 0.423. The van der Waals surface area contributed by atoms with Crippen molar-refractivity contribution < 1.29 is 23.6 Å². The van der Waals surface area contributed by atoms with Gasteiger partial charge in [0, 0.05) is 11.1 Å². The lowest BCUT2D eigenvalue weighted by Crippen LogP contribution is -2.20. The Kier molecular flexibility index (Phi) is 7.05. The van der Waals surface area contributed by atoms with Crippen LogP contribution in [0, 0.1) is 12.7 Å². The van der Waals surface area contributed by atoms with Crippen molar-refractivity contribution in [3.8, 4) is 0 Å². The third kappa shape index (κ3) is 5.13. The molecule has 0 atom stereocenters. The third-order valence-electron chi connectivity index (χ3n) is 3.90. The molecule has 0 radical (unpaired) electrons. The van der Waals surface area contributed by atoms with Crippen LogP contribution in [0.4, 0.5) is 4.39 Å². The van der Waals surface area contributed by atoms with Crippen molar-refractivity contribution in [1.29, 1.82) is 0 Å². The minimum absolute atomic E-state index is 0.0431. The molecule has 0 fully saturated rings. The number of aryl methyl sites for hydroxylation is 1. The maximum atomic E-state index is 13.0. The summed E-state index contributed by atoms with van der Waals surface area (Å²) in [6.07, 6.45) is 0. The Morgan fingerprint density at radius 1 is 1.07 bits per heavy atom. The van der Waals surface area contributed by atoms with Gasteiger partial charge in [0.15, 0.2) is 5.71 Å². The molecule has 0 heterocycles. The molecule has 2 aromatic rings. The maximum absolute atomic E-state index is 13.0. The summed E-state index contributed by atoms with van der Waals surface area (Å²) in [7, 11) is 2.63. The normalized spacial score (nSPS) is 11.9. The molecule has 2 aromatic carbocycles. The number of halogens is 1. The first-order valence-electron chi connectivity index (χ1n) is 8.18. The molecule has 0 aliphatic heterocycles. The number of methoxy groups -OCH3 is 1. The highest BCUT2D eigenvalue weighted by atomic mass is 19.1. The van der Waals surface area contributed by atoms with E-state index in [0.29, 0.717) is 11.3 Å². The minimum Gasteiger partial charge on any atom is -0.464 e. The lowest BCUT2D eigenvalue weighted by Gasteiger charge is -2.12. The molecule has 6 nitrogen and oxygen atoms in total. The zero-order chi connectivity index (χ0) is 19.8. The molecule has 7 heteroatoms. The summed E-state index contributed by atoms with van der Waals surface area (Å²) in [5, 5.41) is 7.86. The highest BCUT2D eigenvalue weighted by Gasteiger charge is 2.20. The van der Waals surface area contributed by atoms with Gasteiger partial charge in [0.25, 0.3) is 0 Å². The average molecular weight is 372 g/mol. The Balaban J connectivity index is 2.26. The second-order valence-electron chi connectivity index (χ2n) is 5.67. The van der Waals surface area contributed by atoms with E-state index >= 15 is 0 Å². The summed E-state index contributed by atoms with van der Waals surface area (Å²) < 4.78 is 17.8. The number of hydrogen-bond donors (Lipinski definition) is 0. The van der Waals surface area contributed by atoms with Gasteiger partial charge in [-0.25, -0.2) is 9.18 Å². The van der Waals surface area contributed by atoms with Crippen molar-refractivity contribution in [2.45, 2.75) is 20.5 Å². The number of benzene rings is 2. The van der Waals surface area contributed by atoms with Crippen LogP contribution in [-0.2, 0) is 25.8 Å². The summed E-state index contributed by atoms with van der Waals surface area (Å²) in [4.78, 5) is 22.3. The highest BCUT2D eigenvalue weighted by molar-refractivity contribution is 6.43. The van der Waals surface area contributed by atoms with Crippen LogP contribution in [0.3, 0.4) is 0 Å². The number of hydrogen-bond acceptors (Lipinski definition) is 6. The van der Waals surface area contributed by atoms with Crippen LogP contribution in [0.1, 0.15) is 29.2 Å². The molecule has 2 rings (SSSR count). The first-order chi connectivity index (χ1) is 13.0. The molecule has 0 aliphatic carbocycles. The van der Waals surface area contributed by atoms with Crippen LogP contribution in [-0.4, -0.2) is 31.6 Å². The third-order valence-corrected chi connectivity index (χ3v) is 3.90. The molecule has 142 valence electrons. The largest absolute Gasteiger partial charge is 0.464 e. The van der Waals surface area contributed by atoms with Gasteiger partial charge < -0.3 is 14.4 Å². The van der Waals surface area contributed by atoms with Gasteiger partial charge >= 0.3 is 5.97 Å². The fourth-order valence-electron chi connectivity index (χ4n) is 2.44. The number of rotatable bonds is 7. The van der Waals surface area contributed by atoms with Crippen molar-refractivity contribution >= 4 is 17.4 Å². The van der Waals surface area contributed by atoms with Gasteiger partial charge in [-0.3, -0.25) is 0 Å². The molecule has 0 amide bonds. The van der Waals surface area contributed by atoms with E-state index in [-0.39, 0.29) is 18.1 Å². The highest BCUT2D eigenvalue weighted by Crippen LogP contribution is 2.18. The minimum atomic E-state index is -0.616. The zero-order valence-corrected chi connectivity index (χ0v) is 15.7. The summed E-state index contributed by atoms with van der Waals surface area (Å²) in [6.45, 7) is 3.76. The van der Waals surface area contributed by atoms with Gasteiger partial charge in [-0.1, -0.05) is 40.6 Å². The Morgan fingerprint density at radius 3 is 2.41 bits per heavy atom. The van der Waals surface area contributed by atoms with Crippen LogP contribution in [0.5, 0.6) is 0 Å². The van der Waals surface area contributed by atoms with E-state index in [2.05, 4.69) is 10.3 Å². The second kappa shape index (κ2) is 9.47. The van der Waals surface area contributed by atoms with E-state index in [4.69, 9.17) is 14.4 Å². The SMILES string of the molecule is CO/N=C(/C(=O)OC)c1cccc(C)c1CO/N=C(\C)c1ccc(F)cc1. The molecular weight excluding hydrogens is 351 g/mol. The molecule has 0 unspecified atom stereocenters. The first-order valence-corrected chi connectivity index (χ1v) is 8.18. The standard InChI is InChI=1S/C20H21FN2O4/c1-13-6-5-7-17(19(23-26-4)20(24)25-3)18(13)12-27-22-14(2)15-8-10-16(21)11-9-15/h5-11H,12H2,1-4H3/b22-14+,23-19+. The van der Waals surface area contributed by atoms with E-state index in [1.807, 2.05) is 13.0 Å². The molecule has 0 bridgehead atoms. The topological polar surface area (TPSA) is 69.5 Å². The molecular formula is C20H21FN2O4. The summed E-state index contributed by atoms with van der Waals surface area (Å²) >= 11 is 0. The van der Waals surface area contributed by atoms with Crippen molar-refractivity contribution in [3.63, 3.8) is 0 Å². The average Bonchev–Trinajstić information content (AvgIpc) is 2.67. The van der Waals surface area contributed by atoms with Crippen molar-refractivity contribution in [3.05, 3.63) is 70.5 Å². The van der Waals surface area contributed by atoms with Crippen LogP contribution in [0.15, 0.2) is 52.8 Å². The van der Waals surface area contributed by atoms with E-state index in [0.717, 1.165) is 16.7 Å². The predicted octanol–water partition coefficient (Wildman–Crippen LogP) is 3.60. The van der Waals surface area contributed by atoms with Gasteiger partial charge in [0.05, 0.1) is 12.8 Å². The van der Waals surface area contributed by atoms with Crippen molar-refractivity contribution in [1.82, 2.24) is 0 Å². The van der Waals surface area contributed by atoms with Gasteiger partial charge in [-0.05, 0) is 37.1 Å². The van der Waals surface area contributed by atoms with E-state index in [9.17, 15) is 9.18 Å². The number of ether oxygens (including phenoxy) is 1. The van der Waals surface area contributed by atoms with Gasteiger partial charge in [0.1, 0.15) is 19.5 Å². The number of carbonyl (C=O) groups excluding carboxylic acids is 1. The molecule has 0 saturated carbocycles. The Labute approximate surface area is 157 Å². The number of nitrogens with zero attached hydrogens (tertiary/aromatic N) is 2. The van der Waals surface area contributed by atoms with E-state index < -0.39 is 5.97 Å². The first kappa shape index (κ1) is 20.1. The van der Waals surface area contributed by atoms with E-state index in [1.54, 1.807) is 31.2 Å². The number of oxime groups is 2. The van der Waals surface area contributed by atoms with Gasteiger partial charge in [0.2, 0.25) is 0 Å². The fraction of sp³-hybridized carbons (Fsp3) is 0.250. The van der Waals surface area contributed by atoms with Gasteiger partial charge in [-0.15, -0.1) is 0 Å². The summed E-state index contributed by atoms with van der Waals surface area (Å²) in [5.41, 5.74) is 3.56. The smallest absolute Gasteiger partial charge is 0.360 e. The zero-order valence-electron chi connectivity index (χ0n) is 15.7. The molecule has 0 aliphatic rings. The second-order valence-corrected chi connectivity index (χ2v) is 5.67. The Bertz CT molecular complexity index is 861. The summed E-state index contributed by atoms with van der Waals surface area (Å²) in [6, 6.07) is 11.4. The Hall–Kier alpha value is -3.22. The van der Waals surface area contributed by atoms with Gasteiger partial charge in [-0.2, -0.15) is 0 Å². The summed E-state index contributed by atoms with van der Waals surface area (Å²) in [5.74, 6) is -0.931. The Morgan fingerprint density at radius 2 is 1.78 bits per heavy atom. The van der Waals surface area contributed by atoms with E-state index in [1.165, 1.54) is 26.4 Å². The van der Waals surface area contributed by atoms with Crippen LogP contribution < -0.4 is 0 Å². The maximum Gasteiger partial charge on any atom is 0.360 e. The van der Waals surface area contributed by atoms with Crippen LogP contribution >= 0.6 is 0 Å². The van der Waals surface area contributed by atoms with Crippen molar-refractivity contribution in [2.75, 3.05) is 14.2 Å². The van der Waals surface area contributed by atoms with Crippen LogP contribution in [0.2, 0.25) is 0 Å². The molecule has 0 N–H and O–H groups in total. The van der Waals surface area contributed by atoms with Crippen LogP contribution in [0.25, 0.3) is 0 Å².